The smallest absolute Gasteiger partial charge is 0.214 e. The summed E-state index contributed by atoms with van der Waals surface area (Å²) in [6.07, 6.45) is 7.96. The summed E-state index contributed by atoms with van der Waals surface area (Å²) in [5.74, 6) is 1.86. The number of aromatic amines is 1. The lowest BCUT2D eigenvalue weighted by Crippen LogP contribution is -2.29. The first-order valence-corrected chi connectivity index (χ1v) is 19.1. The van der Waals surface area contributed by atoms with Gasteiger partial charge in [-0.25, -0.2) is 19.3 Å². The standard InChI is InChI=1S/C27H27FN4O.C8H8N4O.C4H10O.C2H6.CH3Cl/c1-19-10-11-25-24(16-19)29-26(31(25)2)17-32-14-12-20(13-15-32)23-8-5-9-27(30-23)33-18-21-6-3-4-7-22(21)28;1-5-6-2-8(10-4-13)9-3-7(6)12-11-5;1-3-4-5-2;2*1-2/h3-12,16H,13-15,17-18H2,1-2H3;2-4H,1H3,(H,11,12)(H,9,10,13);3-4H2,1-2H3;1-2H3;1H3. The van der Waals surface area contributed by atoms with Gasteiger partial charge in [-0.15, -0.1) is 11.6 Å². The number of anilines is 1. The predicted molar refractivity (Wildman–Crippen MR) is 222 cm³/mol. The number of ether oxygens (including phenoxy) is 2. The molecule has 11 nitrogen and oxygen atoms in total. The maximum atomic E-state index is 13.8. The Morgan fingerprint density at radius 2 is 1.80 bits per heavy atom. The summed E-state index contributed by atoms with van der Waals surface area (Å²) in [5.41, 5.74) is 7.86. The van der Waals surface area contributed by atoms with Gasteiger partial charge in [0.2, 0.25) is 12.3 Å². The number of benzene rings is 2. The third-order valence-electron chi connectivity index (χ3n) is 8.42. The fourth-order valence-corrected chi connectivity index (χ4v) is 5.62. The van der Waals surface area contributed by atoms with E-state index in [1.54, 1.807) is 37.6 Å². The van der Waals surface area contributed by atoms with E-state index in [0.29, 0.717) is 23.7 Å². The molecule has 55 heavy (non-hydrogen) atoms. The highest BCUT2D eigenvalue weighted by Crippen LogP contribution is 2.25. The number of alkyl halides is 1. The molecular weight excluding hydrogens is 719 g/mol. The number of aryl methyl sites for hydroxylation is 3. The van der Waals surface area contributed by atoms with Gasteiger partial charge in [0.1, 0.15) is 29.6 Å². The summed E-state index contributed by atoms with van der Waals surface area (Å²) in [6, 6.07) is 20.6. The van der Waals surface area contributed by atoms with Crippen molar-refractivity contribution >= 4 is 51.3 Å². The average molecular weight is 773 g/mol. The number of amides is 1. The van der Waals surface area contributed by atoms with Crippen LogP contribution in [-0.2, 0) is 29.7 Å². The van der Waals surface area contributed by atoms with E-state index in [9.17, 15) is 9.18 Å². The topological polar surface area (TPSA) is 123 Å². The molecule has 0 atom stereocenters. The molecule has 0 saturated heterocycles. The fourth-order valence-electron chi connectivity index (χ4n) is 5.62. The molecule has 1 aliphatic rings. The first-order chi connectivity index (χ1) is 26.8. The number of rotatable bonds is 10. The third kappa shape index (κ3) is 13.0. The molecule has 0 radical (unpaired) electrons. The quantitative estimate of drug-likeness (QED) is 0.105. The maximum absolute atomic E-state index is 13.8. The van der Waals surface area contributed by atoms with Crippen molar-refractivity contribution in [3.05, 3.63) is 113 Å². The summed E-state index contributed by atoms with van der Waals surface area (Å²) in [5, 5.41) is 10.3. The van der Waals surface area contributed by atoms with Crippen LogP contribution < -0.4 is 10.1 Å². The third-order valence-corrected chi connectivity index (χ3v) is 8.42. The number of imidazole rings is 1. The Bertz CT molecular complexity index is 2100. The van der Waals surface area contributed by atoms with Crippen LogP contribution in [0.25, 0.3) is 27.5 Å². The zero-order chi connectivity index (χ0) is 40.2. The van der Waals surface area contributed by atoms with Crippen LogP contribution in [-0.4, -0.2) is 74.2 Å². The highest BCUT2D eigenvalue weighted by molar-refractivity contribution is 6.15. The van der Waals surface area contributed by atoms with Gasteiger partial charge in [-0.3, -0.25) is 14.8 Å². The summed E-state index contributed by atoms with van der Waals surface area (Å²) in [7, 11) is 3.80. The normalized spacial score (nSPS) is 12.1. The molecule has 4 aromatic heterocycles. The van der Waals surface area contributed by atoms with E-state index in [1.807, 2.05) is 39.0 Å². The van der Waals surface area contributed by atoms with E-state index < -0.39 is 0 Å². The van der Waals surface area contributed by atoms with Crippen LogP contribution in [0, 0.1) is 19.7 Å². The Kier molecular flexibility index (Phi) is 19.0. The van der Waals surface area contributed by atoms with E-state index in [-0.39, 0.29) is 12.4 Å². The van der Waals surface area contributed by atoms with Gasteiger partial charge >= 0.3 is 0 Å². The first-order valence-electron chi connectivity index (χ1n) is 18.3. The molecule has 0 unspecified atom stereocenters. The van der Waals surface area contributed by atoms with Crippen LogP contribution in [0.15, 0.2) is 79.0 Å². The van der Waals surface area contributed by atoms with Crippen LogP contribution in [0.4, 0.5) is 10.2 Å². The molecule has 2 aromatic carbocycles. The second-order valence-corrected chi connectivity index (χ2v) is 12.2. The second-order valence-electron chi connectivity index (χ2n) is 12.2. The van der Waals surface area contributed by atoms with Crippen molar-refractivity contribution in [1.29, 1.82) is 0 Å². The van der Waals surface area contributed by atoms with E-state index in [4.69, 9.17) is 14.5 Å². The molecule has 1 amide bonds. The minimum absolute atomic E-state index is 0.160. The monoisotopic (exact) mass is 772 g/mol. The van der Waals surface area contributed by atoms with Crippen molar-refractivity contribution in [2.75, 3.05) is 38.5 Å². The molecule has 5 heterocycles. The number of nitrogens with zero attached hydrogens (tertiary/aromatic N) is 6. The van der Waals surface area contributed by atoms with Crippen molar-refractivity contribution in [3.63, 3.8) is 0 Å². The Balaban J connectivity index is 0.000000304. The average Bonchev–Trinajstić information content (AvgIpc) is 3.74. The minimum Gasteiger partial charge on any atom is -0.473 e. The number of carbonyl (C=O) groups excluding carboxylic acids is 1. The molecule has 13 heteroatoms. The van der Waals surface area contributed by atoms with Crippen LogP contribution in [0.2, 0.25) is 0 Å². The Hall–Kier alpha value is -5.17. The molecule has 6 aromatic rings. The number of aromatic nitrogens is 6. The SMILES string of the molecule is CC.CCCOC.CCl.Cc1[nH]nc2cnc(NC=O)cc12.Cc1ccc2c(c1)nc(CN1CC=C(c3cccc(OCc4ccccc4F)n3)CC1)n2C. The lowest BCUT2D eigenvalue weighted by Gasteiger charge is -2.25. The second kappa shape index (κ2) is 23.6. The van der Waals surface area contributed by atoms with Gasteiger partial charge in [-0.05, 0) is 68.2 Å². The summed E-state index contributed by atoms with van der Waals surface area (Å²) < 4.78 is 26.5. The van der Waals surface area contributed by atoms with Crippen molar-refractivity contribution in [1.82, 2.24) is 34.6 Å². The molecule has 0 aliphatic carbocycles. The van der Waals surface area contributed by atoms with E-state index in [0.717, 1.165) is 72.7 Å². The Labute approximate surface area is 329 Å². The predicted octanol–water partition coefficient (Wildman–Crippen LogP) is 9.04. The molecule has 0 spiro atoms. The van der Waals surface area contributed by atoms with Crippen molar-refractivity contribution < 1.29 is 18.7 Å². The largest absolute Gasteiger partial charge is 0.473 e. The first kappa shape index (κ1) is 44.2. The summed E-state index contributed by atoms with van der Waals surface area (Å²) >= 11 is 4.64. The number of hydrogen-bond acceptors (Lipinski definition) is 8. The lowest BCUT2D eigenvalue weighted by atomic mass is 10.0. The molecule has 0 fully saturated rings. The highest BCUT2D eigenvalue weighted by atomic mass is 35.5. The number of hydrogen-bond donors (Lipinski definition) is 2. The zero-order valence-corrected chi connectivity index (χ0v) is 34.0. The highest BCUT2D eigenvalue weighted by Gasteiger charge is 2.17. The molecule has 0 saturated carbocycles. The van der Waals surface area contributed by atoms with E-state index >= 15 is 0 Å². The zero-order valence-electron chi connectivity index (χ0n) is 33.2. The van der Waals surface area contributed by atoms with Gasteiger partial charge in [-0.1, -0.05) is 57.2 Å². The lowest BCUT2D eigenvalue weighted by molar-refractivity contribution is -0.105. The number of pyridine rings is 2. The number of carbonyl (C=O) groups is 1. The molecule has 0 bridgehead atoms. The minimum atomic E-state index is -0.264. The Morgan fingerprint density at radius 3 is 2.47 bits per heavy atom. The van der Waals surface area contributed by atoms with Crippen molar-refractivity contribution in [2.24, 2.45) is 7.05 Å². The number of fused-ring (bicyclic) bond motifs is 2. The van der Waals surface area contributed by atoms with Gasteiger partial charge < -0.3 is 19.4 Å². The van der Waals surface area contributed by atoms with E-state index in [2.05, 4.69) is 91.7 Å². The number of H-pyrrole nitrogens is 1. The number of nitrogens with one attached hydrogen (secondary N) is 2. The van der Waals surface area contributed by atoms with Gasteiger partial charge in [-0.2, -0.15) is 5.10 Å². The van der Waals surface area contributed by atoms with Crippen molar-refractivity contribution in [3.8, 4) is 5.88 Å². The number of methoxy groups -OCH3 is 1. The molecule has 2 N–H and O–H groups in total. The molecule has 7 rings (SSSR count). The summed E-state index contributed by atoms with van der Waals surface area (Å²) in [6.45, 7) is 13.7. The Morgan fingerprint density at radius 1 is 1.02 bits per heavy atom. The summed E-state index contributed by atoms with van der Waals surface area (Å²) in [4.78, 5) is 26.0. The molecule has 294 valence electrons. The molecule has 1 aliphatic heterocycles. The van der Waals surface area contributed by atoms with Crippen LogP contribution >= 0.6 is 11.6 Å². The van der Waals surface area contributed by atoms with E-state index in [1.165, 1.54) is 29.1 Å². The fraction of sp³-hybridized carbons (Fsp3) is 0.357. The number of halogens is 2. The van der Waals surface area contributed by atoms with Crippen LogP contribution in [0.5, 0.6) is 5.88 Å². The van der Waals surface area contributed by atoms with Crippen LogP contribution in [0.3, 0.4) is 0 Å². The van der Waals surface area contributed by atoms with Gasteiger partial charge in [0, 0.05) is 62.9 Å². The van der Waals surface area contributed by atoms with Crippen LogP contribution in [0.1, 0.15) is 62.0 Å². The van der Waals surface area contributed by atoms with Gasteiger partial charge in [0.25, 0.3) is 0 Å². The maximum Gasteiger partial charge on any atom is 0.214 e. The molecular formula is C42H54ClFN8O3. The van der Waals surface area contributed by atoms with Gasteiger partial charge in [0.05, 0.1) is 29.5 Å². The van der Waals surface area contributed by atoms with Crippen molar-refractivity contribution in [2.45, 2.75) is 60.6 Å². The van der Waals surface area contributed by atoms with Gasteiger partial charge in [0.15, 0.2) is 0 Å².